The number of sulfone groups is 1. The molecular formula is C11H24O3S. The van der Waals surface area contributed by atoms with E-state index in [0.29, 0.717) is 5.75 Å². The van der Waals surface area contributed by atoms with Gasteiger partial charge >= 0.3 is 0 Å². The van der Waals surface area contributed by atoms with Crippen LogP contribution in [0, 0.1) is 0 Å². The predicted molar refractivity (Wildman–Crippen MR) is 63.7 cm³/mol. The summed E-state index contributed by atoms with van der Waals surface area (Å²) in [6, 6.07) is 0. The summed E-state index contributed by atoms with van der Waals surface area (Å²) in [6.45, 7) is 3.73. The maximum Gasteiger partial charge on any atom is 0.150 e. The van der Waals surface area contributed by atoms with Crippen molar-refractivity contribution in [3.8, 4) is 0 Å². The third kappa shape index (κ3) is 8.88. The van der Waals surface area contributed by atoms with Gasteiger partial charge in [-0.15, -0.1) is 0 Å². The van der Waals surface area contributed by atoms with Gasteiger partial charge in [0.15, 0.2) is 0 Å². The van der Waals surface area contributed by atoms with Crippen LogP contribution in [0.25, 0.3) is 0 Å². The van der Waals surface area contributed by atoms with Crippen LogP contribution >= 0.6 is 0 Å². The van der Waals surface area contributed by atoms with Crippen molar-refractivity contribution >= 4 is 9.84 Å². The first-order valence-corrected chi connectivity index (χ1v) is 7.72. The summed E-state index contributed by atoms with van der Waals surface area (Å²) in [6.07, 6.45) is 5.03. The van der Waals surface area contributed by atoms with Crippen molar-refractivity contribution < 1.29 is 13.5 Å². The smallest absolute Gasteiger partial charge is 0.150 e. The Balaban J connectivity index is 3.40. The first kappa shape index (κ1) is 14.9. The van der Waals surface area contributed by atoms with E-state index in [0.717, 1.165) is 38.5 Å². The van der Waals surface area contributed by atoms with Crippen molar-refractivity contribution in [3.05, 3.63) is 0 Å². The van der Waals surface area contributed by atoms with Gasteiger partial charge in [-0.1, -0.05) is 33.1 Å². The zero-order valence-electron chi connectivity index (χ0n) is 9.91. The largest absolute Gasteiger partial charge is 0.393 e. The molecule has 0 aromatic carbocycles. The van der Waals surface area contributed by atoms with E-state index in [4.69, 9.17) is 0 Å². The van der Waals surface area contributed by atoms with Crippen molar-refractivity contribution in [2.45, 2.75) is 58.5 Å². The second-order valence-electron chi connectivity index (χ2n) is 4.03. The molecular weight excluding hydrogens is 212 g/mol. The SMILES string of the molecule is CCCC(O)CCCCCS(=O)(=O)CC. The molecule has 0 amide bonds. The van der Waals surface area contributed by atoms with Crippen molar-refractivity contribution in [1.29, 1.82) is 0 Å². The summed E-state index contributed by atoms with van der Waals surface area (Å²) in [4.78, 5) is 0. The Bertz CT molecular complexity index is 234. The van der Waals surface area contributed by atoms with E-state index in [2.05, 4.69) is 6.92 Å². The highest BCUT2D eigenvalue weighted by Crippen LogP contribution is 2.09. The molecule has 0 aromatic heterocycles. The summed E-state index contributed by atoms with van der Waals surface area (Å²) >= 11 is 0. The van der Waals surface area contributed by atoms with E-state index in [-0.39, 0.29) is 11.9 Å². The quantitative estimate of drug-likeness (QED) is 0.624. The lowest BCUT2D eigenvalue weighted by Crippen LogP contribution is -2.09. The minimum atomic E-state index is -2.79. The van der Waals surface area contributed by atoms with Crippen LogP contribution in [0.5, 0.6) is 0 Å². The van der Waals surface area contributed by atoms with Crippen LogP contribution in [0.4, 0.5) is 0 Å². The molecule has 1 atom stereocenters. The van der Waals surface area contributed by atoms with Crippen LogP contribution in [-0.4, -0.2) is 31.1 Å². The standard InChI is InChI=1S/C11H24O3S/c1-3-8-11(12)9-6-5-7-10-15(13,14)4-2/h11-12H,3-10H2,1-2H3. The number of unbranched alkanes of at least 4 members (excludes halogenated alkanes) is 2. The fourth-order valence-electron chi connectivity index (χ4n) is 1.50. The minimum absolute atomic E-state index is 0.196. The molecule has 0 saturated heterocycles. The van der Waals surface area contributed by atoms with Crippen LogP contribution in [0.1, 0.15) is 52.4 Å². The van der Waals surface area contributed by atoms with Crippen molar-refractivity contribution in [2.24, 2.45) is 0 Å². The van der Waals surface area contributed by atoms with E-state index in [1.54, 1.807) is 6.92 Å². The average Bonchev–Trinajstić information content (AvgIpc) is 2.17. The van der Waals surface area contributed by atoms with Crippen LogP contribution < -0.4 is 0 Å². The Morgan fingerprint density at radius 3 is 2.27 bits per heavy atom. The van der Waals surface area contributed by atoms with Crippen LogP contribution in [0.2, 0.25) is 0 Å². The Kier molecular flexibility index (Phi) is 8.06. The molecule has 4 heteroatoms. The Morgan fingerprint density at radius 2 is 1.73 bits per heavy atom. The number of aliphatic hydroxyl groups excluding tert-OH is 1. The van der Waals surface area contributed by atoms with E-state index in [9.17, 15) is 13.5 Å². The summed E-state index contributed by atoms with van der Waals surface area (Å²) in [7, 11) is -2.79. The number of rotatable bonds is 9. The molecule has 1 N–H and O–H groups in total. The maximum absolute atomic E-state index is 11.1. The lowest BCUT2D eigenvalue weighted by molar-refractivity contribution is 0.150. The molecule has 0 heterocycles. The Labute approximate surface area is 93.8 Å². The fourth-order valence-corrected chi connectivity index (χ4v) is 2.43. The zero-order chi connectivity index (χ0) is 11.7. The first-order valence-electron chi connectivity index (χ1n) is 5.90. The van der Waals surface area contributed by atoms with Gasteiger partial charge in [-0.2, -0.15) is 0 Å². The molecule has 0 fully saturated rings. The van der Waals surface area contributed by atoms with Crippen molar-refractivity contribution in [2.75, 3.05) is 11.5 Å². The molecule has 15 heavy (non-hydrogen) atoms. The van der Waals surface area contributed by atoms with Gasteiger partial charge in [0.05, 0.1) is 11.9 Å². The predicted octanol–water partition coefficient (Wildman–Crippen LogP) is 2.14. The normalized spacial score (nSPS) is 14.1. The monoisotopic (exact) mass is 236 g/mol. The summed E-state index contributed by atoms with van der Waals surface area (Å²) in [5.41, 5.74) is 0. The molecule has 92 valence electrons. The summed E-state index contributed by atoms with van der Waals surface area (Å²) in [5, 5.41) is 9.44. The molecule has 0 aliphatic carbocycles. The zero-order valence-corrected chi connectivity index (χ0v) is 10.7. The van der Waals surface area contributed by atoms with E-state index < -0.39 is 9.84 Å². The van der Waals surface area contributed by atoms with Crippen LogP contribution in [0.3, 0.4) is 0 Å². The Morgan fingerprint density at radius 1 is 1.07 bits per heavy atom. The molecule has 0 aliphatic rings. The second kappa shape index (κ2) is 8.11. The highest BCUT2D eigenvalue weighted by atomic mass is 32.2. The van der Waals surface area contributed by atoms with Crippen LogP contribution in [-0.2, 0) is 9.84 Å². The van der Waals surface area contributed by atoms with E-state index in [1.165, 1.54) is 0 Å². The van der Waals surface area contributed by atoms with Gasteiger partial charge in [-0.3, -0.25) is 0 Å². The fraction of sp³-hybridized carbons (Fsp3) is 1.00. The average molecular weight is 236 g/mol. The lowest BCUT2D eigenvalue weighted by Gasteiger charge is -2.08. The van der Waals surface area contributed by atoms with Gasteiger partial charge in [0.2, 0.25) is 0 Å². The third-order valence-corrected chi connectivity index (χ3v) is 4.34. The molecule has 0 aromatic rings. The molecule has 1 unspecified atom stereocenters. The topological polar surface area (TPSA) is 54.4 Å². The molecule has 0 rings (SSSR count). The van der Waals surface area contributed by atoms with E-state index >= 15 is 0 Å². The molecule has 0 aliphatic heterocycles. The molecule has 3 nitrogen and oxygen atoms in total. The van der Waals surface area contributed by atoms with E-state index in [1.807, 2.05) is 0 Å². The van der Waals surface area contributed by atoms with Gasteiger partial charge < -0.3 is 5.11 Å². The number of hydrogen-bond acceptors (Lipinski definition) is 3. The molecule has 0 radical (unpaired) electrons. The van der Waals surface area contributed by atoms with Gasteiger partial charge in [-0.25, -0.2) is 8.42 Å². The summed E-state index contributed by atoms with van der Waals surface area (Å²) in [5.74, 6) is 0.541. The van der Waals surface area contributed by atoms with Gasteiger partial charge in [-0.05, 0) is 19.3 Å². The highest BCUT2D eigenvalue weighted by molar-refractivity contribution is 7.91. The van der Waals surface area contributed by atoms with Gasteiger partial charge in [0, 0.05) is 5.75 Å². The highest BCUT2D eigenvalue weighted by Gasteiger charge is 2.07. The molecule has 0 bridgehead atoms. The number of aliphatic hydroxyl groups is 1. The van der Waals surface area contributed by atoms with Crippen molar-refractivity contribution in [3.63, 3.8) is 0 Å². The first-order chi connectivity index (χ1) is 7.02. The number of hydrogen-bond donors (Lipinski definition) is 1. The Hall–Kier alpha value is -0.0900. The van der Waals surface area contributed by atoms with Gasteiger partial charge in [0.25, 0.3) is 0 Å². The third-order valence-electron chi connectivity index (χ3n) is 2.55. The molecule has 0 saturated carbocycles. The van der Waals surface area contributed by atoms with Gasteiger partial charge in [0.1, 0.15) is 9.84 Å². The molecule has 0 spiro atoms. The lowest BCUT2D eigenvalue weighted by atomic mass is 10.1. The van der Waals surface area contributed by atoms with Crippen molar-refractivity contribution in [1.82, 2.24) is 0 Å². The second-order valence-corrected chi connectivity index (χ2v) is 6.50. The summed E-state index contributed by atoms with van der Waals surface area (Å²) < 4.78 is 22.3. The van der Waals surface area contributed by atoms with Crippen LogP contribution in [0.15, 0.2) is 0 Å². The minimum Gasteiger partial charge on any atom is -0.393 e. The maximum atomic E-state index is 11.1.